The zero-order chi connectivity index (χ0) is 7.40. The lowest BCUT2D eigenvalue weighted by atomic mass is 10.3. The summed E-state index contributed by atoms with van der Waals surface area (Å²) in [6, 6.07) is 0. The van der Waals surface area contributed by atoms with E-state index in [1.54, 1.807) is 0 Å². The van der Waals surface area contributed by atoms with Gasteiger partial charge in [0, 0.05) is 6.54 Å². The molecule has 0 atom stereocenters. The van der Waals surface area contributed by atoms with Gasteiger partial charge in [-0.15, -0.1) is 0 Å². The highest BCUT2D eigenvalue weighted by Gasteiger charge is 2.10. The monoisotopic (exact) mass is 141 g/mol. The summed E-state index contributed by atoms with van der Waals surface area (Å²) in [7, 11) is 1.51. The first-order valence-electron chi connectivity index (χ1n) is 3.37. The molecule has 0 aromatic heterocycles. The second-order valence-electron chi connectivity index (χ2n) is 2.17. The Bertz CT molecular complexity index is 163. The van der Waals surface area contributed by atoms with E-state index in [0.717, 1.165) is 19.4 Å². The summed E-state index contributed by atoms with van der Waals surface area (Å²) in [5.74, 6) is 0.345. The van der Waals surface area contributed by atoms with Gasteiger partial charge in [-0.3, -0.25) is 4.79 Å². The van der Waals surface area contributed by atoms with Crippen LogP contribution in [0.5, 0.6) is 0 Å². The first-order valence-corrected chi connectivity index (χ1v) is 3.37. The average molecular weight is 141 g/mol. The molecule has 3 heteroatoms. The van der Waals surface area contributed by atoms with E-state index in [2.05, 4.69) is 5.32 Å². The predicted molar refractivity (Wildman–Crippen MR) is 37.3 cm³/mol. The molecule has 1 amide bonds. The number of hydrogen-bond donors (Lipinski definition) is 1. The van der Waals surface area contributed by atoms with Crippen LogP contribution in [0.1, 0.15) is 12.8 Å². The Hall–Kier alpha value is -0.990. The van der Waals surface area contributed by atoms with Crippen molar-refractivity contribution in [3.63, 3.8) is 0 Å². The Labute approximate surface area is 60.1 Å². The number of rotatable bonds is 1. The molecule has 0 aromatic carbocycles. The van der Waals surface area contributed by atoms with Gasteiger partial charge in [0.05, 0.1) is 7.11 Å². The van der Waals surface area contributed by atoms with Gasteiger partial charge in [-0.1, -0.05) is 0 Å². The fraction of sp³-hybridized carbons (Fsp3) is 0.571. The zero-order valence-electron chi connectivity index (χ0n) is 6.02. The van der Waals surface area contributed by atoms with Gasteiger partial charge in [0.2, 0.25) is 0 Å². The first-order chi connectivity index (χ1) is 4.84. The highest BCUT2D eigenvalue weighted by atomic mass is 16.5. The highest BCUT2D eigenvalue weighted by molar-refractivity contribution is 5.91. The maximum atomic E-state index is 10.9. The van der Waals surface area contributed by atoms with E-state index in [0.29, 0.717) is 5.76 Å². The summed E-state index contributed by atoms with van der Waals surface area (Å²) in [5.41, 5.74) is 0. The summed E-state index contributed by atoms with van der Waals surface area (Å²) < 4.78 is 4.83. The molecule has 0 saturated heterocycles. The van der Waals surface area contributed by atoms with Crippen LogP contribution in [0.4, 0.5) is 0 Å². The minimum Gasteiger partial charge on any atom is -0.491 e. The van der Waals surface area contributed by atoms with Crippen molar-refractivity contribution in [3.8, 4) is 0 Å². The Balaban J connectivity index is 2.62. The maximum absolute atomic E-state index is 10.9. The molecule has 10 heavy (non-hydrogen) atoms. The molecule has 0 spiro atoms. The van der Waals surface area contributed by atoms with Gasteiger partial charge >= 0.3 is 0 Å². The molecular weight excluding hydrogens is 130 g/mol. The smallest absolute Gasteiger partial charge is 0.285 e. The Morgan fingerprint density at radius 2 is 2.50 bits per heavy atom. The zero-order valence-corrected chi connectivity index (χ0v) is 6.02. The molecule has 0 fully saturated rings. The normalized spacial score (nSPS) is 18.9. The largest absolute Gasteiger partial charge is 0.491 e. The van der Waals surface area contributed by atoms with Crippen molar-refractivity contribution >= 4 is 5.91 Å². The molecular formula is C7H11NO2. The van der Waals surface area contributed by atoms with Gasteiger partial charge < -0.3 is 10.1 Å². The van der Waals surface area contributed by atoms with Crippen molar-refractivity contribution in [2.75, 3.05) is 13.7 Å². The van der Waals surface area contributed by atoms with E-state index < -0.39 is 0 Å². The standard InChI is InChI=1S/C7H11NO2/c1-10-6-4-2-3-5-8-7(6)9/h4H,2-3,5H2,1H3,(H,8,9). The van der Waals surface area contributed by atoms with Crippen LogP contribution in [0.3, 0.4) is 0 Å². The molecule has 0 aliphatic carbocycles. The van der Waals surface area contributed by atoms with Crippen molar-refractivity contribution < 1.29 is 9.53 Å². The van der Waals surface area contributed by atoms with Crippen LogP contribution in [0.15, 0.2) is 11.8 Å². The second-order valence-corrected chi connectivity index (χ2v) is 2.17. The summed E-state index contributed by atoms with van der Waals surface area (Å²) in [6.07, 6.45) is 3.74. The molecule has 0 aromatic rings. The number of hydrogen-bond acceptors (Lipinski definition) is 2. The summed E-state index contributed by atoms with van der Waals surface area (Å²) in [6.45, 7) is 0.752. The van der Waals surface area contributed by atoms with Crippen molar-refractivity contribution in [2.24, 2.45) is 0 Å². The second kappa shape index (κ2) is 3.25. The SMILES string of the molecule is COC1=CCCCNC1=O. The van der Waals surface area contributed by atoms with Crippen molar-refractivity contribution in [1.82, 2.24) is 5.32 Å². The molecule has 0 saturated carbocycles. The van der Waals surface area contributed by atoms with E-state index in [1.807, 2.05) is 6.08 Å². The van der Waals surface area contributed by atoms with E-state index in [-0.39, 0.29) is 5.91 Å². The summed E-state index contributed by atoms with van der Waals surface area (Å²) in [4.78, 5) is 10.9. The third-order valence-corrected chi connectivity index (χ3v) is 1.44. The van der Waals surface area contributed by atoms with Crippen LogP contribution >= 0.6 is 0 Å². The van der Waals surface area contributed by atoms with Crippen molar-refractivity contribution in [3.05, 3.63) is 11.8 Å². The van der Waals surface area contributed by atoms with Crippen LogP contribution in [0, 0.1) is 0 Å². The third-order valence-electron chi connectivity index (χ3n) is 1.44. The third kappa shape index (κ3) is 1.50. The first kappa shape index (κ1) is 7.12. The van der Waals surface area contributed by atoms with Gasteiger partial charge in [-0.25, -0.2) is 0 Å². The lowest BCUT2D eigenvalue weighted by molar-refractivity contribution is -0.120. The fourth-order valence-corrected chi connectivity index (χ4v) is 0.893. The highest BCUT2D eigenvalue weighted by Crippen LogP contribution is 2.03. The lowest BCUT2D eigenvalue weighted by Crippen LogP contribution is -2.24. The Kier molecular flexibility index (Phi) is 2.31. The molecule has 1 N–H and O–H groups in total. The molecule has 1 aliphatic rings. The van der Waals surface area contributed by atoms with Crippen LogP contribution in [-0.2, 0) is 9.53 Å². The number of carbonyl (C=O) groups is 1. The minimum atomic E-state index is -0.0972. The molecule has 0 bridgehead atoms. The molecule has 1 rings (SSSR count). The average Bonchev–Trinajstić information content (AvgIpc) is 2.13. The van der Waals surface area contributed by atoms with Crippen LogP contribution in [-0.4, -0.2) is 19.6 Å². The van der Waals surface area contributed by atoms with Crippen LogP contribution < -0.4 is 5.32 Å². The molecule has 56 valence electrons. The predicted octanol–water partition coefficient (Wildman–Crippen LogP) is 0.427. The Morgan fingerprint density at radius 1 is 1.70 bits per heavy atom. The molecule has 0 radical (unpaired) electrons. The summed E-state index contributed by atoms with van der Waals surface area (Å²) in [5, 5.41) is 2.71. The quantitative estimate of drug-likeness (QED) is 0.575. The molecule has 0 unspecified atom stereocenters. The van der Waals surface area contributed by atoms with Crippen molar-refractivity contribution in [1.29, 1.82) is 0 Å². The molecule has 1 heterocycles. The van der Waals surface area contributed by atoms with E-state index in [9.17, 15) is 4.79 Å². The number of methoxy groups -OCH3 is 1. The number of nitrogens with one attached hydrogen (secondary N) is 1. The number of amides is 1. The molecule has 1 aliphatic heterocycles. The van der Waals surface area contributed by atoms with E-state index in [1.165, 1.54) is 7.11 Å². The molecule has 3 nitrogen and oxygen atoms in total. The van der Waals surface area contributed by atoms with Gasteiger partial charge in [0.15, 0.2) is 5.76 Å². The topological polar surface area (TPSA) is 38.3 Å². The van der Waals surface area contributed by atoms with E-state index >= 15 is 0 Å². The van der Waals surface area contributed by atoms with Crippen LogP contribution in [0.2, 0.25) is 0 Å². The number of carbonyl (C=O) groups excluding carboxylic acids is 1. The maximum Gasteiger partial charge on any atom is 0.285 e. The van der Waals surface area contributed by atoms with Crippen LogP contribution in [0.25, 0.3) is 0 Å². The summed E-state index contributed by atoms with van der Waals surface area (Å²) >= 11 is 0. The van der Waals surface area contributed by atoms with Gasteiger partial charge in [-0.05, 0) is 18.9 Å². The van der Waals surface area contributed by atoms with Gasteiger partial charge in [0.25, 0.3) is 5.91 Å². The minimum absolute atomic E-state index is 0.0972. The van der Waals surface area contributed by atoms with Gasteiger partial charge in [-0.2, -0.15) is 0 Å². The van der Waals surface area contributed by atoms with Gasteiger partial charge in [0.1, 0.15) is 0 Å². The lowest BCUT2D eigenvalue weighted by Gasteiger charge is -2.01. The number of ether oxygens (including phenoxy) is 1. The van der Waals surface area contributed by atoms with E-state index in [4.69, 9.17) is 4.74 Å². The fourth-order valence-electron chi connectivity index (χ4n) is 0.893. The Morgan fingerprint density at radius 3 is 3.20 bits per heavy atom. The number of allylic oxidation sites excluding steroid dienone is 1. The van der Waals surface area contributed by atoms with Crippen molar-refractivity contribution in [2.45, 2.75) is 12.8 Å².